The van der Waals surface area contributed by atoms with Crippen molar-refractivity contribution in [1.82, 2.24) is 10.6 Å². The molecule has 0 spiro atoms. The SMILES string of the molecule is CC(=O)NCc1ccc(N2CCNCC2)cc1. The van der Waals surface area contributed by atoms with E-state index in [1.165, 1.54) is 12.6 Å². The molecule has 1 fully saturated rings. The van der Waals surface area contributed by atoms with Gasteiger partial charge in [-0.05, 0) is 17.7 Å². The average Bonchev–Trinajstić information content (AvgIpc) is 2.38. The molecule has 0 atom stereocenters. The van der Waals surface area contributed by atoms with Gasteiger partial charge in [0, 0.05) is 45.3 Å². The van der Waals surface area contributed by atoms with Gasteiger partial charge in [0.05, 0.1) is 0 Å². The minimum Gasteiger partial charge on any atom is -0.369 e. The molecule has 1 aromatic carbocycles. The summed E-state index contributed by atoms with van der Waals surface area (Å²) >= 11 is 0. The van der Waals surface area contributed by atoms with Crippen LogP contribution in [0.2, 0.25) is 0 Å². The van der Waals surface area contributed by atoms with Crippen LogP contribution in [0.4, 0.5) is 5.69 Å². The lowest BCUT2D eigenvalue weighted by Crippen LogP contribution is -2.43. The molecule has 4 nitrogen and oxygen atoms in total. The number of amides is 1. The van der Waals surface area contributed by atoms with Gasteiger partial charge in [-0.2, -0.15) is 0 Å². The van der Waals surface area contributed by atoms with E-state index in [2.05, 4.69) is 39.8 Å². The fourth-order valence-corrected chi connectivity index (χ4v) is 1.97. The summed E-state index contributed by atoms with van der Waals surface area (Å²) in [6.07, 6.45) is 0. The zero-order chi connectivity index (χ0) is 12.1. The second-order valence-electron chi connectivity index (χ2n) is 4.31. The predicted octanol–water partition coefficient (Wildman–Crippen LogP) is 0.732. The van der Waals surface area contributed by atoms with E-state index < -0.39 is 0 Å². The Morgan fingerprint density at radius 2 is 1.94 bits per heavy atom. The number of benzene rings is 1. The molecule has 0 bridgehead atoms. The maximum Gasteiger partial charge on any atom is 0.217 e. The molecule has 0 saturated carbocycles. The molecule has 2 rings (SSSR count). The summed E-state index contributed by atoms with van der Waals surface area (Å²) in [6.45, 7) is 6.36. The molecule has 1 amide bonds. The Morgan fingerprint density at radius 3 is 2.53 bits per heavy atom. The quantitative estimate of drug-likeness (QED) is 0.809. The number of carbonyl (C=O) groups excluding carboxylic acids is 1. The van der Waals surface area contributed by atoms with Crippen LogP contribution in [-0.4, -0.2) is 32.1 Å². The van der Waals surface area contributed by atoms with Crippen LogP contribution in [0, 0.1) is 0 Å². The van der Waals surface area contributed by atoms with Gasteiger partial charge < -0.3 is 15.5 Å². The highest BCUT2D eigenvalue weighted by atomic mass is 16.1. The summed E-state index contributed by atoms with van der Waals surface area (Å²) in [4.78, 5) is 13.2. The monoisotopic (exact) mass is 233 g/mol. The Hall–Kier alpha value is -1.55. The van der Waals surface area contributed by atoms with Crippen molar-refractivity contribution in [3.63, 3.8) is 0 Å². The summed E-state index contributed by atoms with van der Waals surface area (Å²) < 4.78 is 0. The van der Waals surface area contributed by atoms with Gasteiger partial charge in [-0.1, -0.05) is 12.1 Å². The van der Waals surface area contributed by atoms with Crippen LogP contribution in [0.1, 0.15) is 12.5 Å². The van der Waals surface area contributed by atoms with Crippen LogP contribution < -0.4 is 15.5 Å². The van der Waals surface area contributed by atoms with Crippen molar-refractivity contribution in [3.8, 4) is 0 Å². The number of nitrogens with zero attached hydrogens (tertiary/aromatic N) is 1. The van der Waals surface area contributed by atoms with Gasteiger partial charge in [-0.3, -0.25) is 4.79 Å². The van der Waals surface area contributed by atoms with E-state index in [0.717, 1.165) is 31.7 Å². The van der Waals surface area contributed by atoms with Crippen LogP contribution in [0.3, 0.4) is 0 Å². The third-order valence-electron chi connectivity index (χ3n) is 2.96. The third-order valence-corrected chi connectivity index (χ3v) is 2.96. The molecule has 1 heterocycles. The van der Waals surface area contributed by atoms with E-state index in [1.54, 1.807) is 0 Å². The maximum absolute atomic E-state index is 10.8. The van der Waals surface area contributed by atoms with E-state index in [4.69, 9.17) is 0 Å². The highest BCUT2D eigenvalue weighted by molar-refractivity contribution is 5.72. The van der Waals surface area contributed by atoms with Gasteiger partial charge in [0.15, 0.2) is 0 Å². The molecule has 4 heteroatoms. The Kier molecular flexibility index (Phi) is 3.98. The third kappa shape index (κ3) is 3.46. The molecule has 1 aromatic rings. The molecule has 1 aliphatic heterocycles. The second-order valence-corrected chi connectivity index (χ2v) is 4.31. The van der Waals surface area contributed by atoms with Gasteiger partial charge in [0.2, 0.25) is 5.91 Å². The van der Waals surface area contributed by atoms with Crippen molar-refractivity contribution in [1.29, 1.82) is 0 Å². The van der Waals surface area contributed by atoms with E-state index in [-0.39, 0.29) is 5.91 Å². The van der Waals surface area contributed by atoms with E-state index >= 15 is 0 Å². The number of carbonyl (C=O) groups is 1. The minimum atomic E-state index is 0.0104. The highest BCUT2D eigenvalue weighted by Gasteiger charge is 2.09. The lowest BCUT2D eigenvalue weighted by Gasteiger charge is -2.29. The smallest absolute Gasteiger partial charge is 0.217 e. The standard InChI is InChI=1S/C13H19N3O/c1-11(17)15-10-12-2-4-13(5-3-12)16-8-6-14-7-9-16/h2-5,14H,6-10H2,1H3,(H,15,17). The molecule has 17 heavy (non-hydrogen) atoms. The van der Waals surface area contributed by atoms with Gasteiger partial charge in [0.1, 0.15) is 0 Å². The molecule has 1 saturated heterocycles. The van der Waals surface area contributed by atoms with Crippen LogP contribution in [0.5, 0.6) is 0 Å². The zero-order valence-electron chi connectivity index (χ0n) is 10.2. The fourth-order valence-electron chi connectivity index (χ4n) is 1.97. The van der Waals surface area contributed by atoms with Crippen molar-refractivity contribution < 1.29 is 4.79 Å². The average molecular weight is 233 g/mol. The largest absolute Gasteiger partial charge is 0.369 e. The van der Waals surface area contributed by atoms with Gasteiger partial charge in [-0.15, -0.1) is 0 Å². The molecule has 0 aliphatic carbocycles. The lowest BCUT2D eigenvalue weighted by molar-refractivity contribution is -0.119. The number of hydrogen-bond donors (Lipinski definition) is 2. The Balaban J connectivity index is 1.94. The predicted molar refractivity (Wildman–Crippen MR) is 69.0 cm³/mol. The van der Waals surface area contributed by atoms with Gasteiger partial charge in [0.25, 0.3) is 0 Å². The first-order valence-corrected chi connectivity index (χ1v) is 6.05. The highest BCUT2D eigenvalue weighted by Crippen LogP contribution is 2.15. The Labute approximate surface area is 102 Å². The van der Waals surface area contributed by atoms with Gasteiger partial charge >= 0.3 is 0 Å². The summed E-state index contributed by atoms with van der Waals surface area (Å²) in [5, 5.41) is 6.14. The van der Waals surface area contributed by atoms with Crippen LogP contribution in [0.15, 0.2) is 24.3 Å². The van der Waals surface area contributed by atoms with Crippen LogP contribution in [-0.2, 0) is 11.3 Å². The van der Waals surface area contributed by atoms with Crippen LogP contribution >= 0.6 is 0 Å². The first-order chi connectivity index (χ1) is 8.25. The molecule has 2 N–H and O–H groups in total. The molecule has 92 valence electrons. The number of nitrogens with one attached hydrogen (secondary N) is 2. The topological polar surface area (TPSA) is 44.4 Å². The minimum absolute atomic E-state index is 0.0104. The first kappa shape index (κ1) is 11.9. The van der Waals surface area contributed by atoms with E-state index in [0.29, 0.717) is 6.54 Å². The number of rotatable bonds is 3. The van der Waals surface area contributed by atoms with Crippen molar-refractivity contribution in [2.75, 3.05) is 31.1 Å². The zero-order valence-corrected chi connectivity index (χ0v) is 10.2. The van der Waals surface area contributed by atoms with Crippen molar-refractivity contribution in [2.24, 2.45) is 0 Å². The summed E-state index contributed by atoms with van der Waals surface area (Å²) in [6, 6.07) is 8.41. The normalized spacial score (nSPS) is 15.7. The van der Waals surface area contributed by atoms with Crippen LogP contribution in [0.25, 0.3) is 0 Å². The molecule has 0 radical (unpaired) electrons. The van der Waals surface area contributed by atoms with Crippen molar-refractivity contribution in [3.05, 3.63) is 29.8 Å². The number of piperazine rings is 1. The Morgan fingerprint density at radius 1 is 1.29 bits per heavy atom. The lowest BCUT2D eigenvalue weighted by atomic mass is 10.2. The summed E-state index contributed by atoms with van der Waals surface area (Å²) in [5.41, 5.74) is 2.40. The van der Waals surface area contributed by atoms with E-state index in [9.17, 15) is 4.79 Å². The van der Waals surface area contributed by atoms with Crippen molar-refractivity contribution in [2.45, 2.75) is 13.5 Å². The first-order valence-electron chi connectivity index (χ1n) is 6.05. The summed E-state index contributed by atoms with van der Waals surface area (Å²) in [7, 11) is 0. The molecule has 0 aromatic heterocycles. The summed E-state index contributed by atoms with van der Waals surface area (Å²) in [5.74, 6) is 0.0104. The molecule has 0 unspecified atom stereocenters. The fraction of sp³-hybridized carbons (Fsp3) is 0.462. The van der Waals surface area contributed by atoms with E-state index in [1.807, 2.05) is 0 Å². The Bertz CT molecular complexity index is 369. The van der Waals surface area contributed by atoms with Crippen molar-refractivity contribution >= 4 is 11.6 Å². The molecular formula is C13H19N3O. The maximum atomic E-state index is 10.8. The van der Waals surface area contributed by atoms with Gasteiger partial charge in [-0.25, -0.2) is 0 Å². The number of hydrogen-bond acceptors (Lipinski definition) is 3. The number of anilines is 1. The molecule has 1 aliphatic rings. The second kappa shape index (κ2) is 5.68. The molecular weight excluding hydrogens is 214 g/mol.